The summed E-state index contributed by atoms with van der Waals surface area (Å²) in [5.74, 6) is 0.225. The summed E-state index contributed by atoms with van der Waals surface area (Å²) in [6, 6.07) is 14.5. The first-order chi connectivity index (χ1) is 13.6. The molecule has 7 heteroatoms. The van der Waals surface area contributed by atoms with Crippen LogP contribution in [0, 0.1) is 5.92 Å². The van der Waals surface area contributed by atoms with Crippen molar-refractivity contribution in [2.75, 3.05) is 20.2 Å². The molecule has 0 spiro atoms. The van der Waals surface area contributed by atoms with Gasteiger partial charge < -0.3 is 10.1 Å². The Morgan fingerprint density at radius 3 is 2.31 bits per heavy atom. The maximum absolute atomic E-state index is 12.8. The van der Waals surface area contributed by atoms with Crippen molar-refractivity contribution in [3.8, 4) is 5.75 Å². The molecule has 2 aromatic rings. The van der Waals surface area contributed by atoms with Crippen LogP contribution in [0.25, 0.3) is 0 Å². The second-order valence-corrected chi connectivity index (χ2v) is 10.3. The number of methoxy groups -OCH3 is 1. The number of carbonyl (C=O) groups excluding carboxylic acids is 1. The molecule has 1 amide bonds. The third-order valence-corrected chi connectivity index (χ3v) is 7.07. The summed E-state index contributed by atoms with van der Waals surface area (Å²) in [4.78, 5) is 12.7. The molecule has 1 N–H and O–H groups in total. The van der Waals surface area contributed by atoms with Gasteiger partial charge in [-0.25, -0.2) is 8.42 Å². The van der Waals surface area contributed by atoms with Crippen molar-refractivity contribution in [1.29, 1.82) is 0 Å². The highest BCUT2D eigenvalue weighted by Crippen LogP contribution is 2.28. The van der Waals surface area contributed by atoms with Crippen molar-refractivity contribution in [2.24, 2.45) is 5.92 Å². The first kappa shape index (κ1) is 21.3. The minimum absolute atomic E-state index is 0.0380. The molecule has 1 heterocycles. The lowest BCUT2D eigenvalue weighted by molar-refractivity contribution is -0.128. The van der Waals surface area contributed by atoms with Crippen molar-refractivity contribution >= 4 is 15.9 Å². The van der Waals surface area contributed by atoms with Crippen LogP contribution >= 0.6 is 0 Å². The van der Waals surface area contributed by atoms with E-state index in [1.54, 1.807) is 19.2 Å². The van der Waals surface area contributed by atoms with Crippen LogP contribution in [0.3, 0.4) is 0 Å². The average Bonchev–Trinajstić information content (AvgIpc) is 2.64. The van der Waals surface area contributed by atoms with E-state index in [2.05, 4.69) is 26.1 Å². The Morgan fingerprint density at radius 1 is 1.10 bits per heavy atom. The highest BCUT2D eigenvalue weighted by Gasteiger charge is 2.40. The molecular formula is C22H28N2O4S. The van der Waals surface area contributed by atoms with Gasteiger partial charge >= 0.3 is 0 Å². The number of sulfonamides is 1. The summed E-state index contributed by atoms with van der Waals surface area (Å²) < 4.78 is 32.2. The molecule has 0 unspecified atom stereocenters. The van der Waals surface area contributed by atoms with Crippen LogP contribution in [-0.4, -0.2) is 38.8 Å². The molecule has 0 bridgehead atoms. The quantitative estimate of drug-likeness (QED) is 0.786. The fourth-order valence-electron chi connectivity index (χ4n) is 3.25. The largest absolute Gasteiger partial charge is 0.496 e. The molecule has 1 saturated heterocycles. The Kier molecular flexibility index (Phi) is 6.00. The van der Waals surface area contributed by atoms with Gasteiger partial charge in [-0.1, -0.05) is 51.1 Å². The first-order valence-corrected chi connectivity index (χ1v) is 11.1. The molecule has 2 aromatic carbocycles. The fourth-order valence-corrected chi connectivity index (χ4v) is 4.78. The van der Waals surface area contributed by atoms with Crippen LogP contribution in [0.1, 0.15) is 31.9 Å². The number of carbonyl (C=O) groups is 1. The molecule has 0 aromatic heterocycles. The predicted molar refractivity (Wildman–Crippen MR) is 112 cm³/mol. The van der Waals surface area contributed by atoms with Gasteiger partial charge in [0, 0.05) is 25.2 Å². The highest BCUT2D eigenvalue weighted by atomic mass is 32.2. The molecular weight excluding hydrogens is 388 g/mol. The number of nitrogens with one attached hydrogen (secondary N) is 1. The number of amides is 1. The summed E-state index contributed by atoms with van der Waals surface area (Å²) in [7, 11) is -1.99. The minimum atomic E-state index is -3.58. The van der Waals surface area contributed by atoms with Gasteiger partial charge in [0.2, 0.25) is 15.9 Å². The Hall–Kier alpha value is -2.38. The zero-order valence-electron chi connectivity index (χ0n) is 17.3. The molecule has 0 radical (unpaired) electrons. The van der Waals surface area contributed by atoms with Crippen LogP contribution < -0.4 is 10.1 Å². The Labute approximate surface area is 172 Å². The maximum Gasteiger partial charge on any atom is 0.243 e. The second-order valence-electron chi connectivity index (χ2n) is 8.32. The normalized spacial score (nSPS) is 15.6. The van der Waals surface area contributed by atoms with Crippen LogP contribution in [0.2, 0.25) is 0 Å². The third kappa shape index (κ3) is 4.62. The average molecular weight is 417 g/mol. The molecule has 1 aliphatic heterocycles. The number of para-hydroxylation sites is 1. The van der Waals surface area contributed by atoms with Gasteiger partial charge in [-0.2, -0.15) is 4.31 Å². The van der Waals surface area contributed by atoms with Gasteiger partial charge in [-0.05, 0) is 29.2 Å². The van der Waals surface area contributed by atoms with Crippen molar-refractivity contribution in [3.05, 3.63) is 59.7 Å². The number of hydrogen-bond donors (Lipinski definition) is 1. The standard InChI is InChI=1S/C22H28N2O4S/c1-22(2,3)18-9-11-19(12-10-18)29(26,27)24-14-17(15-24)21(25)23-13-16-7-5-6-8-20(16)28-4/h5-12,17H,13-15H2,1-4H3,(H,23,25). The predicted octanol–water partition coefficient (Wildman–Crippen LogP) is 2.93. The summed E-state index contributed by atoms with van der Waals surface area (Å²) >= 11 is 0. The van der Waals surface area contributed by atoms with Gasteiger partial charge in [0.15, 0.2) is 0 Å². The van der Waals surface area contributed by atoms with E-state index < -0.39 is 10.0 Å². The highest BCUT2D eigenvalue weighted by molar-refractivity contribution is 7.89. The summed E-state index contributed by atoms with van der Waals surface area (Å²) in [5.41, 5.74) is 1.92. The number of rotatable bonds is 6. The lowest BCUT2D eigenvalue weighted by atomic mass is 9.87. The van der Waals surface area contributed by atoms with Crippen molar-refractivity contribution in [1.82, 2.24) is 9.62 Å². The van der Waals surface area contributed by atoms with Gasteiger partial charge in [0.1, 0.15) is 5.75 Å². The fraction of sp³-hybridized carbons (Fsp3) is 0.409. The van der Waals surface area contributed by atoms with Crippen molar-refractivity contribution < 1.29 is 17.9 Å². The zero-order valence-corrected chi connectivity index (χ0v) is 18.1. The molecule has 6 nitrogen and oxygen atoms in total. The zero-order chi connectivity index (χ0) is 21.2. The number of nitrogens with zero attached hydrogens (tertiary/aromatic N) is 1. The molecule has 3 rings (SSSR count). The van der Waals surface area contributed by atoms with Crippen LogP contribution in [-0.2, 0) is 26.8 Å². The van der Waals surface area contributed by atoms with Gasteiger partial charge in [-0.15, -0.1) is 0 Å². The summed E-state index contributed by atoms with van der Waals surface area (Å²) in [5, 5.41) is 2.87. The van der Waals surface area contributed by atoms with Gasteiger partial charge in [0.25, 0.3) is 0 Å². The summed E-state index contributed by atoms with van der Waals surface area (Å²) in [6.45, 7) is 6.99. The van der Waals surface area contributed by atoms with Crippen molar-refractivity contribution in [2.45, 2.75) is 37.6 Å². The van der Waals surface area contributed by atoms with Crippen LogP contribution in [0.5, 0.6) is 5.75 Å². The molecule has 1 fully saturated rings. The van der Waals surface area contributed by atoms with Gasteiger partial charge in [0.05, 0.1) is 17.9 Å². The van der Waals surface area contributed by atoms with E-state index in [0.29, 0.717) is 12.3 Å². The maximum atomic E-state index is 12.8. The molecule has 156 valence electrons. The van der Waals surface area contributed by atoms with Crippen molar-refractivity contribution in [3.63, 3.8) is 0 Å². The first-order valence-electron chi connectivity index (χ1n) is 9.63. The van der Waals surface area contributed by atoms with Crippen LogP contribution in [0.15, 0.2) is 53.4 Å². The van der Waals surface area contributed by atoms with E-state index >= 15 is 0 Å². The van der Waals surface area contributed by atoms with E-state index in [4.69, 9.17) is 4.74 Å². The van der Waals surface area contributed by atoms with E-state index in [-0.39, 0.29) is 35.2 Å². The third-order valence-electron chi connectivity index (χ3n) is 5.22. The van der Waals surface area contributed by atoms with E-state index in [0.717, 1.165) is 11.1 Å². The lowest BCUT2D eigenvalue weighted by Crippen LogP contribution is -2.55. The van der Waals surface area contributed by atoms with E-state index in [9.17, 15) is 13.2 Å². The molecule has 29 heavy (non-hydrogen) atoms. The second kappa shape index (κ2) is 8.16. The van der Waals surface area contributed by atoms with Gasteiger partial charge in [-0.3, -0.25) is 4.79 Å². The monoisotopic (exact) mass is 416 g/mol. The molecule has 0 saturated carbocycles. The number of hydrogen-bond acceptors (Lipinski definition) is 4. The summed E-state index contributed by atoms with van der Waals surface area (Å²) in [6.07, 6.45) is 0. The van der Waals surface area contributed by atoms with Crippen LogP contribution in [0.4, 0.5) is 0 Å². The Bertz CT molecular complexity index is 973. The number of ether oxygens (including phenoxy) is 1. The molecule has 0 aliphatic carbocycles. The smallest absolute Gasteiger partial charge is 0.243 e. The minimum Gasteiger partial charge on any atom is -0.496 e. The molecule has 1 aliphatic rings. The Morgan fingerprint density at radius 2 is 1.72 bits per heavy atom. The van der Waals surface area contributed by atoms with E-state index in [1.807, 2.05) is 36.4 Å². The van der Waals surface area contributed by atoms with E-state index in [1.165, 1.54) is 4.31 Å². The number of benzene rings is 2. The Balaban J connectivity index is 1.57. The molecule has 0 atom stereocenters. The topological polar surface area (TPSA) is 75.7 Å². The lowest BCUT2D eigenvalue weighted by Gasteiger charge is -2.37. The SMILES string of the molecule is COc1ccccc1CNC(=O)C1CN(S(=O)(=O)c2ccc(C(C)(C)C)cc2)C1.